The fourth-order valence-electron chi connectivity index (χ4n) is 4.62. The zero-order valence-corrected chi connectivity index (χ0v) is 15.2. The van der Waals surface area contributed by atoms with Gasteiger partial charge >= 0.3 is 0 Å². The topological polar surface area (TPSA) is 92.4 Å². The second kappa shape index (κ2) is 7.21. The summed E-state index contributed by atoms with van der Waals surface area (Å²) >= 11 is 0. The van der Waals surface area contributed by atoms with Gasteiger partial charge in [-0.2, -0.15) is 0 Å². The van der Waals surface area contributed by atoms with Crippen LogP contribution in [0.3, 0.4) is 0 Å². The van der Waals surface area contributed by atoms with Gasteiger partial charge in [0, 0.05) is 43.4 Å². The van der Waals surface area contributed by atoms with Crippen LogP contribution in [0.15, 0.2) is 6.33 Å². The van der Waals surface area contributed by atoms with E-state index in [1.165, 1.54) is 30.5 Å². The van der Waals surface area contributed by atoms with Crippen LogP contribution < -0.4 is 10.6 Å². The lowest BCUT2D eigenvalue weighted by Gasteiger charge is -2.38. The lowest BCUT2D eigenvalue weighted by atomic mass is 10.0. The molecule has 2 saturated heterocycles. The Hall–Kier alpha value is -2.18. The minimum atomic E-state index is -0.359. The van der Waals surface area contributed by atoms with Crippen LogP contribution in [0.25, 0.3) is 0 Å². The van der Waals surface area contributed by atoms with E-state index in [1.54, 1.807) is 6.33 Å². The number of carbonyl (C=O) groups is 2. The smallest absolute Gasteiger partial charge is 0.223 e. The number of anilines is 1. The van der Waals surface area contributed by atoms with Crippen LogP contribution >= 0.6 is 0 Å². The number of primary amides is 1. The highest BCUT2D eigenvalue weighted by atomic mass is 16.2. The molecule has 7 heteroatoms. The predicted octanol–water partition coefficient (Wildman–Crippen LogP) is 1.05. The molecule has 0 bridgehead atoms. The van der Waals surface area contributed by atoms with E-state index in [9.17, 15) is 9.59 Å². The predicted molar refractivity (Wildman–Crippen MR) is 97.5 cm³/mol. The Morgan fingerprint density at radius 2 is 1.88 bits per heavy atom. The van der Waals surface area contributed by atoms with Crippen molar-refractivity contribution < 1.29 is 9.59 Å². The molecule has 0 spiro atoms. The third-order valence-corrected chi connectivity index (χ3v) is 6.12. The number of hydrogen-bond donors (Lipinski definition) is 1. The maximum Gasteiger partial charge on any atom is 0.223 e. The molecule has 2 N–H and O–H groups in total. The number of nitrogens with zero attached hydrogens (tertiary/aromatic N) is 4. The van der Waals surface area contributed by atoms with E-state index in [-0.39, 0.29) is 30.2 Å². The third kappa shape index (κ3) is 3.27. The number of carbonyl (C=O) groups excluding carboxylic acids is 2. The summed E-state index contributed by atoms with van der Waals surface area (Å²) in [6, 6.07) is 0.212. The lowest BCUT2D eigenvalue weighted by Crippen LogP contribution is -2.46. The zero-order valence-electron chi connectivity index (χ0n) is 15.2. The number of likely N-dealkylation sites (tertiary alicyclic amines) is 1. The van der Waals surface area contributed by atoms with E-state index >= 15 is 0 Å². The van der Waals surface area contributed by atoms with Crippen molar-refractivity contribution in [2.24, 2.45) is 11.7 Å². The van der Waals surface area contributed by atoms with Gasteiger partial charge in [-0.3, -0.25) is 9.59 Å². The van der Waals surface area contributed by atoms with Crippen molar-refractivity contribution in [1.29, 1.82) is 0 Å². The number of rotatable bonds is 3. The van der Waals surface area contributed by atoms with Crippen LogP contribution in [0, 0.1) is 5.92 Å². The van der Waals surface area contributed by atoms with Crippen LogP contribution in [0.1, 0.15) is 49.8 Å². The largest absolute Gasteiger partial charge is 0.369 e. The first-order chi connectivity index (χ1) is 12.6. The molecule has 1 aromatic heterocycles. The minimum absolute atomic E-state index is 0.0724. The standard InChI is InChI=1S/C19H27N5O2/c20-18(26)13-10-17(25)24(11-13)14-6-8-23(9-7-14)19-15-4-2-1-3-5-16(15)21-12-22-19/h12-14H,1-11H2,(H2,20,26). The molecule has 1 aliphatic carbocycles. The monoisotopic (exact) mass is 357 g/mol. The van der Waals surface area contributed by atoms with Gasteiger partial charge in [-0.15, -0.1) is 0 Å². The molecule has 2 amide bonds. The van der Waals surface area contributed by atoms with E-state index in [0.29, 0.717) is 6.54 Å². The van der Waals surface area contributed by atoms with Crippen molar-refractivity contribution in [3.8, 4) is 0 Å². The summed E-state index contributed by atoms with van der Waals surface area (Å²) in [5.74, 6) is 0.487. The molecule has 1 aromatic rings. The average molecular weight is 357 g/mol. The summed E-state index contributed by atoms with van der Waals surface area (Å²) in [7, 11) is 0. The van der Waals surface area contributed by atoms with Crippen molar-refractivity contribution in [3.63, 3.8) is 0 Å². The number of hydrogen-bond acceptors (Lipinski definition) is 5. The summed E-state index contributed by atoms with van der Waals surface area (Å²) in [5, 5.41) is 0. The number of nitrogens with two attached hydrogens (primary N) is 1. The molecule has 140 valence electrons. The Morgan fingerprint density at radius 3 is 2.62 bits per heavy atom. The van der Waals surface area contributed by atoms with Gasteiger partial charge in [-0.25, -0.2) is 9.97 Å². The summed E-state index contributed by atoms with van der Waals surface area (Å²) < 4.78 is 0. The number of fused-ring (bicyclic) bond motifs is 1. The van der Waals surface area contributed by atoms with Crippen molar-refractivity contribution in [3.05, 3.63) is 17.6 Å². The first-order valence-electron chi connectivity index (χ1n) is 9.80. The Bertz CT molecular complexity index is 699. The second-order valence-electron chi connectivity index (χ2n) is 7.75. The number of aryl methyl sites for hydroxylation is 1. The van der Waals surface area contributed by atoms with Crippen molar-refractivity contribution in [2.45, 2.75) is 57.4 Å². The Balaban J connectivity index is 1.43. The molecule has 26 heavy (non-hydrogen) atoms. The van der Waals surface area contributed by atoms with E-state index in [1.807, 2.05) is 4.90 Å². The van der Waals surface area contributed by atoms with Crippen molar-refractivity contribution in [1.82, 2.24) is 14.9 Å². The van der Waals surface area contributed by atoms with Crippen LogP contribution in [0.2, 0.25) is 0 Å². The fraction of sp³-hybridized carbons (Fsp3) is 0.684. The number of amides is 2. The molecule has 0 saturated carbocycles. The quantitative estimate of drug-likeness (QED) is 0.816. The van der Waals surface area contributed by atoms with E-state index < -0.39 is 0 Å². The highest BCUT2D eigenvalue weighted by Gasteiger charge is 2.38. The van der Waals surface area contributed by atoms with Gasteiger partial charge in [0.25, 0.3) is 0 Å². The summed E-state index contributed by atoms with van der Waals surface area (Å²) in [4.78, 5) is 37.0. The van der Waals surface area contributed by atoms with Crippen molar-refractivity contribution in [2.75, 3.05) is 24.5 Å². The summed E-state index contributed by atoms with van der Waals surface area (Å²) in [6.45, 7) is 2.26. The highest BCUT2D eigenvalue weighted by Crippen LogP contribution is 2.31. The lowest BCUT2D eigenvalue weighted by molar-refractivity contribution is -0.130. The van der Waals surface area contributed by atoms with Crippen LogP contribution in [0.5, 0.6) is 0 Å². The molecule has 0 aromatic carbocycles. The summed E-state index contributed by atoms with van der Waals surface area (Å²) in [5.41, 5.74) is 7.93. The normalized spacial score (nSPS) is 24.5. The van der Waals surface area contributed by atoms with Gasteiger partial charge in [0.05, 0.1) is 5.92 Å². The van der Waals surface area contributed by atoms with Crippen LogP contribution in [0.4, 0.5) is 5.82 Å². The molecule has 4 rings (SSSR count). The first kappa shape index (κ1) is 17.2. The molecule has 1 atom stereocenters. The second-order valence-corrected chi connectivity index (χ2v) is 7.75. The SMILES string of the molecule is NC(=O)C1CC(=O)N(C2CCN(c3ncnc4c3CCCCC4)CC2)C1. The van der Waals surface area contributed by atoms with E-state index in [4.69, 9.17) is 5.73 Å². The van der Waals surface area contributed by atoms with Gasteiger partial charge in [0.1, 0.15) is 12.1 Å². The molecule has 3 aliphatic rings. The van der Waals surface area contributed by atoms with Gasteiger partial charge in [0.2, 0.25) is 11.8 Å². The maximum atomic E-state index is 12.3. The van der Waals surface area contributed by atoms with Gasteiger partial charge in [-0.1, -0.05) is 6.42 Å². The van der Waals surface area contributed by atoms with E-state index in [2.05, 4.69) is 14.9 Å². The van der Waals surface area contributed by atoms with Crippen molar-refractivity contribution >= 4 is 17.6 Å². The molecule has 7 nitrogen and oxygen atoms in total. The van der Waals surface area contributed by atoms with E-state index in [0.717, 1.165) is 44.6 Å². The molecular formula is C19H27N5O2. The minimum Gasteiger partial charge on any atom is -0.369 e. The molecule has 0 radical (unpaired) electrons. The summed E-state index contributed by atoms with van der Waals surface area (Å²) in [6.07, 6.45) is 9.60. The number of piperidine rings is 1. The molecule has 1 unspecified atom stereocenters. The highest BCUT2D eigenvalue weighted by molar-refractivity contribution is 5.88. The fourth-order valence-corrected chi connectivity index (χ4v) is 4.62. The Kier molecular flexibility index (Phi) is 4.78. The molecule has 3 heterocycles. The Morgan fingerprint density at radius 1 is 1.12 bits per heavy atom. The zero-order chi connectivity index (χ0) is 18.1. The Labute approximate surface area is 154 Å². The van der Waals surface area contributed by atoms with Gasteiger partial charge in [-0.05, 0) is 38.5 Å². The number of aromatic nitrogens is 2. The van der Waals surface area contributed by atoms with Gasteiger partial charge in [0.15, 0.2) is 0 Å². The van der Waals surface area contributed by atoms with Crippen LogP contribution in [-0.4, -0.2) is 52.4 Å². The first-order valence-corrected chi connectivity index (χ1v) is 9.80. The van der Waals surface area contributed by atoms with Gasteiger partial charge < -0.3 is 15.5 Å². The average Bonchev–Trinajstić information content (AvgIpc) is 2.88. The molecule has 2 fully saturated rings. The maximum absolute atomic E-state index is 12.3. The third-order valence-electron chi connectivity index (χ3n) is 6.12. The van der Waals surface area contributed by atoms with Crippen LogP contribution in [-0.2, 0) is 22.4 Å². The molecular weight excluding hydrogens is 330 g/mol. The molecule has 2 aliphatic heterocycles.